The quantitative estimate of drug-likeness (QED) is 0.160. The molecule has 0 saturated carbocycles. The second-order valence-corrected chi connectivity index (χ2v) is 22.7. The van der Waals surface area contributed by atoms with Gasteiger partial charge in [-0.15, -0.1) is 0 Å². The summed E-state index contributed by atoms with van der Waals surface area (Å²) in [6, 6.07) is 87.2. The molecule has 2 unspecified atom stereocenters. The molecule has 2 atom stereocenters. The highest BCUT2D eigenvalue weighted by Crippen LogP contribution is 2.54. The lowest BCUT2D eigenvalue weighted by Gasteiger charge is -2.47. The molecule has 0 N–H and O–H groups in total. The summed E-state index contributed by atoms with van der Waals surface area (Å²) in [5.74, 6) is 0.372. The number of anilines is 4. The van der Waals surface area contributed by atoms with Crippen LogP contribution in [0.1, 0.15) is 52.6 Å². The van der Waals surface area contributed by atoms with E-state index in [0.29, 0.717) is 0 Å². The van der Waals surface area contributed by atoms with Crippen molar-refractivity contribution in [3.05, 3.63) is 282 Å². The molecule has 2 aromatic heterocycles. The Balaban J connectivity index is 0.939. The highest BCUT2D eigenvalue weighted by atomic mass is 15.2. The fourth-order valence-corrected chi connectivity index (χ4v) is 15.5. The molecule has 4 aliphatic heterocycles. The van der Waals surface area contributed by atoms with E-state index in [9.17, 15) is 0 Å². The third kappa shape index (κ3) is 6.01. The highest BCUT2D eigenvalue weighted by molar-refractivity contribution is 6.90. The number of allylic oxidation sites excluding steroid dienone is 4. The predicted octanol–water partition coefficient (Wildman–Crippen LogP) is 15.6. The van der Waals surface area contributed by atoms with E-state index in [4.69, 9.17) is 0 Å². The van der Waals surface area contributed by atoms with Gasteiger partial charge in [0.1, 0.15) is 0 Å². The monoisotopic (exact) mass is 1000 g/mol. The number of nitrogens with zero attached hydrogens (tertiary/aromatic N) is 4. The van der Waals surface area contributed by atoms with Gasteiger partial charge in [0.2, 0.25) is 0 Å². The number of likely N-dealkylation sites (N-methyl/N-ethyl adjacent to an activating group) is 1. The third-order valence-electron chi connectivity index (χ3n) is 18.8. The molecule has 6 heteroatoms. The summed E-state index contributed by atoms with van der Waals surface area (Å²) in [5, 5.41) is 3.95. The zero-order valence-corrected chi connectivity index (χ0v) is 43.7. The number of fused-ring (bicyclic) bond motifs is 14. The average molecular weight is 1000 g/mol. The van der Waals surface area contributed by atoms with Crippen molar-refractivity contribution in [3.8, 4) is 33.4 Å². The van der Waals surface area contributed by atoms with Crippen LogP contribution < -0.4 is 26.2 Å². The molecule has 18 rings (SSSR count). The van der Waals surface area contributed by atoms with Gasteiger partial charge in [-0.1, -0.05) is 176 Å². The molecule has 0 bridgehead atoms. The number of para-hydroxylation sites is 1. The minimum Gasteiger partial charge on any atom is -0.379 e. The Morgan fingerprint density at radius 2 is 1.05 bits per heavy atom. The van der Waals surface area contributed by atoms with Gasteiger partial charge in [0, 0.05) is 91.3 Å². The fourth-order valence-electron chi connectivity index (χ4n) is 15.5. The Bertz CT molecular complexity index is 4690. The third-order valence-corrected chi connectivity index (χ3v) is 18.8. The van der Waals surface area contributed by atoms with Crippen LogP contribution in [-0.2, 0) is 0 Å². The summed E-state index contributed by atoms with van der Waals surface area (Å²) >= 11 is 0. The first-order chi connectivity index (χ1) is 39.1. The van der Waals surface area contributed by atoms with E-state index in [1.165, 1.54) is 150 Å². The summed E-state index contributed by atoms with van der Waals surface area (Å²) in [4.78, 5) is 5.13. The van der Waals surface area contributed by atoms with Gasteiger partial charge in [0.15, 0.2) is 0 Å². The van der Waals surface area contributed by atoms with Gasteiger partial charge in [0.05, 0.1) is 0 Å². The molecule has 12 aromatic rings. The molecule has 6 heterocycles. The van der Waals surface area contributed by atoms with E-state index in [-0.39, 0.29) is 25.5 Å². The first kappa shape index (κ1) is 43.6. The lowest BCUT2D eigenvalue weighted by atomic mass is 9.39. The normalized spacial score (nSPS) is 16.9. The van der Waals surface area contributed by atoms with Crippen LogP contribution in [0.5, 0.6) is 0 Å². The number of benzene rings is 10. The van der Waals surface area contributed by atoms with Crippen LogP contribution in [0.15, 0.2) is 254 Å². The van der Waals surface area contributed by atoms with Crippen LogP contribution in [0.25, 0.3) is 77.7 Å². The predicted molar refractivity (Wildman–Crippen MR) is 333 cm³/mol. The van der Waals surface area contributed by atoms with Gasteiger partial charge in [-0.25, -0.2) is 0 Å². The topological polar surface area (TPSA) is 16.3 Å². The van der Waals surface area contributed by atoms with Crippen molar-refractivity contribution in [2.75, 3.05) is 16.8 Å². The standard InChI is InChI=1S/C73H50B2N4/c1-76-66-31-17-29-54-58-39-51(47-23-11-4-12-24-47)41-60-56-37-49(45-19-7-2-8-20-45)33-35-64(56)78(72(58)60)74(70(54)66)62-43-63-69(44-68(62)76)77(53-27-15-6-16-28-53)67-32-18-30-55-59-40-52(48-25-13-5-14-26-48)42-61-57-38-50(46-21-9-3-10-22-46)34-36-65(57)79(73(59)61)75(63)71(55)67/h2-28,30-39,41-44,54,59H,29,40H2,1H3. The second-order valence-electron chi connectivity index (χ2n) is 22.7. The van der Waals surface area contributed by atoms with Crippen molar-refractivity contribution >= 4 is 97.2 Å². The SMILES string of the molecule is CN1C2=C3B(c4cc5c(cc41)N(c1ccccc1)c1cccc4c1B5n1c5c(c6cc(-c7ccccc7)ccc61)C=C(c1ccccc1)CC45)n1c4ccc(-c5ccccc5)cc4c4cc(-c5ccccc5)cc(c41)C3CC=C2. The molecule has 2 aliphatic carbocycles. The Hall–Kier alpha value is -9.51. The molecule has 0 spiro atoms. The maximum Gasteiger partial charge on any atom is 0.332 e. The number of hydrogen-bond acceptors (Lipinski definition) is 2. The largest absolute Gasteiger partial charge is 0.379 e. The van der Waals surface area contributed by atoms with Gasteiger partial charge in [-0.05, 0) is 163 Å². The summed E-state index contributed by atoms with van der Waals surface area (Å²) < 4.78 is 5.58. The first-order valence-electron chi connectivity index (χ1n) is 28.1. The number of hydrogen-bond donors (Lipinski definition) is 0. The minimum absolute atomic E-state index is 0.0302. The van der Waals surface area contributed by atoms with Crippen LogP contribution in [-0.4, -0.2) is 29.7 Å². The first-order valence-corrected chi connectivity index (χ1v) is 28.1. The molecule has 0 saturated heterocycles. The van der Waals surface area contributed by atoms with Crippen LogP contribution in [0, 0.1) is 0 Å². The maximum absolute atomic E-state index is 2.81. The maximum atomic E-state index is 2.81. The number of rotatable bonds is 5. The zero-order valence-electron chi connectivity index (χ0n) is 43.7. The lowest BCUT2D eigenvalue weighted by molar-refractivity contribution is 0.782. The molecule has 6 aliphatic rings. The van der Waals surface area contributed by atoms with E-state index in [0.717, 1.165) is 12.8 Å². The van der Waals surface area contributed by atoms with Crippen LogP contribution in [0.2, 0.25) is 0 Å². The van der Waals surface area contributed by atoms with E-state index in [1.807, 2.05) is 0 Å². The van der Waals surface area contributed by atoms with Crippen LogP contribution in [0.3, 0.4) is 0 Å². The van der Waals surface area contributed by atoms with Gasteiger partial charge in [0.25, 0.3) is 0 Å². The Kier molecular flexibility index (Phi) is 8.97. The second kappa shape index (κ2) is 16.3. The van der Waals surface area contributed by atoms with Gasteiger partial charge in [-0.2, -0.15) is 0 Å². The van der Waals surface area contributed by atoms with Crippen molar-refractivity contribution < 1.29 is 0 Å². The summed E-state index contributed by atoms with van der Waals surface area (Å²) in [6.45, 7) is -0.109. The van der Waals surface area contributed by atoms with Gasteiger partial charge < -0.3 is 18.8 Å². The van der Waals surface area contributed by atoms with E-state index in [1.54, 1.807) is 0 Å². The van der Waals surface area contributed by atoms with E-state index < -0.39 is 0 Å². The van der Waals surface area contributed by atoms with Crippen molar-refractivity contribution in [2.24, 2.45) is 0 Å². The van der Waals surface area contributed by atoms with E-state index >= 15 is 0 Å². The van der Waals surface area contributed by atoms with Crippen molar-refractivity contribution in [3.63, 3.8) is 0 Å². The van der Waals surface area contributed by atoms with Crippen LogP contribution >= 0.6 is 0 Å². The summed E-state index contributed by atoms with van der Waals surface area (Å²) in [5.41, 5.74) is 31.6. The molecule has 0 radical (unpaired) electrons. The molecule has 4 nitrogen and oxygen atoms in total. The van der Waals surface area contributed by atoms with Crippen LogP contribution in [0.4, 0.5) is 22.7 Å². The number of aromatic nitrogens is 2. The smallest absolute Gasteiger partial charge is 0.332 e. The Morgan fingerprint density at radius 1 is 0.443 bits per heavy atom. The minimum atomic E-state index is -0.0786. The molecular weight excluding hydrogens is 954 g/mol. The lowest BCUT2D eigenvalue weighted by Crippen LogP contribution is -2.61. The molecule has 0 amide bonds. The van der Waals surface area contributed by atoms with Gasteiger partial charge >= 0.3 is 13.7 Å². The van der Waals surface area contributed by atoms with Gasteiger partial charge in [-0.3, -0.25) is 0 Å². The molecular formula is C73H50B2N4. The van der Waals surface area contributed by atoms with Crippen molar-refractivity contribution in [1.82, 2.24) is 8.96 Å². The fraction of sp³-hybridized carbons (Fsp3) is 0.0685. The highest BCUT2D eigenvalue weighted by Gasteiger charge is 2.51. The summed E-state index contributed by atoms with van der Waals surface area (Å²) in [6.07, 6.45) is 9.31. The Morgan fingerprint density at radius 3 is 1.75 bits per heavy atom. The summed E-state index contributed by atoms with van der Waals surface area (Å²) in [7, 11) is 2.33. The Labute approximate surface area is 460 Å². The molecule has 79 heavy (non-hydrogen) atoms. The average Bonchev–Trinajstić information content (AvgIpc) is 3.74. The zero-order chi connectivity index (χ0) is 51.6. The van der Waals surface area contributed by atoms with Crippen molar-refractivity contribution in [1.29, 1.82) is 0 Å². The van der Waals surface area contributed by atoms with Crippen molar-refractivity contribution in [2.45, 2.75) is 24.7 Å². The molecule has 10 aromatic carbocycles. The molecule has 0 fully saturated rings. The molecule has 368 valence electrons. The van der Waals surface area contributed by atoms with E-state index in [2.05, 4.69) is 275 Å².